The van der Waals surface area contributed by atoms with E-state index in [1.807, 2.05) is 27.7 Å². The summed E-state index contributed by atoms with van der Waals surface area (Å²) in [5, 5.41) is 225. The van der Waals surface area contributed by atoms with Crippen LogP contribution in [0.2, 0.25) is 0 Å². The monoisotopic (exact) mass is 2060 g/mol. The van der Waals surface area contributed by atoms with Gasteiger partial charge in [-0.25, -0.2) is 0 Å². The van der Waals surface area contributed by atoms with Crippen molar-refractivity contribution in [3.05, 3.63) is 141 Å². The molecule has 592 valence electrons. The molecule has 0 aliphatic carbocycles. The summed E-state index contributed by atoms with van der Waals surface area (Å²) < 4.78 is 0. The first kappa shape index (κ1) is 145. The summed E-state index contributed by atoms with van der Waals surface area (Å²) >= 11 is 0. The minimum Gasteiger partial charge on any atom is -0.876 e. The fraction of sp³-hybridized carbons (Fsp3) is 0.271. The van der Waals surface area contributed by atoms with Gasteiger partial charge >= 0.3 is 198 Å². The van der Waals surface area contributed by atoms with E-state index in [4.69, 9.17) is 56.3 Å². The van der Waals surface area contributed by atoms with Crippen LogP contribution in [-0.4, -0.2) is 186 Å². The SMILES string of the molecule is CC(=N\O)/C([O-])=N/N=C/c1cc(C)ccc1[O-].CC(=N\O)/C([O-])=N/N=C/c1cc(C)ccc1[O-].CC(=N\O)/C([O-])=N/N=C/c1cc(C)ccc1[O-].CC(=N\O)/C([O-])=N/N=C/c1cc(C)ccc1[O-].CC(=O)/C=C(/C)[O-].CC(=O)/C=C(/C)[O-].CO.CO.CO.CO.O.O.O.O.O.O=C([O-])[O-].[Eu+3].[Eu+3].[Eu+3].[Eu+3].[OH3+].[OH3+]. The Morgan fingerprint density at radius 3 is 0.571 bits per heavy atom. The van der Waals surface area contributed by atoms with Gasteiger partial charge in [0.1, 0.15) is 0 Å². The van der Waals surface area contributed by atoms with Crippen molar-refractivity contribution in [1.29, 1.82) is 0 Å². The van der Waals surface area contributed by atoms with Crippen molar-refractivity contribution in [1.82, 2.24) is 0 Å². The molecule has 0 bridgehead atoms. The molecule has 4 aromatic carbocycles. The largest absolute Gasteiger partial charge is 3.00 e. The third-order valence-electron chi connectivity index (χ3n) is 8.69. The molecule has 0 radical (unpaired) electrons. The number of aryl methyl sites for hydroxylation is 4. The zero-order valence-corrected chi connectivity index (χ0v) is 68.8. The predicted octanol–water partition coefficient (Wildman–Crippen LogP) is -10.3. The number of allylic oxidation sites excluding steroid dienone is 4. The Morgan fingerprint density at radius 1 is 0.324 bits per heavy atom. The molecular weight excluding hydrogens is 1960 g/mol. The average Bonchev–Trinajstić information content (AvgIpc) is 0.908. The quantitative estimate of drug-likeness (QED) is 0.0111. The van der Waals surface area contributed by atoms with Gasteiger partial charge in [-0.2, -0.15) is 40.8 Å². The van der Waals surface area contributed by atoms with Crippen LogP contribution >= 0.6 is 0 Å². The standard InChI is InChI=1S/4C11H13N3O3.2C5H8O2.CH2O3.4CH4O.4Eu.7H2O/c4*1-7-3-4-10(15)9(5-7)6-12-13-11(16)8(2)14-17;2*1-4(6)3-5(2)7;2-1(3)4;4*1-2;;;;;;;;;;;/h4*3-6,15,17H,1-2H3,(H,13,16);2*3,6H,1-2H3;(H2,2,3,4);4*2H,1H3;;;;;7*1H2/q;;;;;;;;;;;4*+3;;;;;;;/p-10/b4*12-6+,14-8+;2*4-3-;;;;;;;;;;;;;;;;. The molecule has 0 aliphatic heterocycles. The van der Waals surface area contributed by atoms with E-state index in [-0.39, 0.29) is 305 Å². The van der Waals surface area contributed by atoms with E-state index in [0.29, 0.717) is 22.3 Å². The molecule has 0 amide bonds. The fourth-order valence-corrected chi connectivity index (χ4v) is 4.68. The van der Waals surface area contributed by atoms with Gasteiger partial charge in [-0.05, 0) is 110 Å². The van der Waals surface area contributed by atoms with Crippen molar-refractivity contribution < 1.29 is 353 Å². The zero-order chi connectivity index (χ0) is 74.6. The normalized spacial score (nSPS) is 10.6. The smallest absolute Gasteiger partial charge is 0.876 e. The van der Waals surface area contributed by atoms with Crippen LogP contribution in [0.25, 0.3) is 0 Å². The molecule has 4 rings (SSSR count). The zero-order valence-electron chi connectivity index (χ0n) is 59.1. The Kier molecular flexibility index (Phi) is 130. The molecule has 46 heteroatoms. The topological polar surface area (TPSA) is 862 Å². The first-order valence-electron chi connectivity index (χ1n) is 25.5. The fourth-order valence-electron chi connectivity index (χ4n) is 4.68. The first-order valence-corrected chi connectivity index (χ1v) is 25.5. The Hall–Kier alpha value is -5.89. The molecule has 0 fully saturated rings. The van der Waals surface area contributed by atoms with E-state index in [2.05, 4.69) is 61.4 Å². The molecule has 0 saturated carbocycles. The molecule has 42 nitrogen and oxygen atoms in total. The molecule has 0 atom stereocenters. The van der Waals surface area contributed by atoms with E-state index < -0.39 is 29.7 Å². The Labute approximate surface area is 767 Å². The van der Waals surface area contributed by atoms with Crippen LogP contribution in [0.4, 0.5) is 4.79 Å². The van der Waals surface area contributed by atoms with Gasteiger partial charge in [0.05, 0.1) is 47.7 Å². The number of aliphatic hydroxyl groups is 4. The minimum absolute atomic E-state index is 0. The molecule has 105 heavy (non-hydrogen) atoms. The van der Waals surface area contributed by atoms with Gasteiger partial charge in [0.2, 0.25) is 0 Å². The maximum absolute atomic E-state index is 11.4. The molecule has 0 spiro atoms. The van der Waals surface area contributed by atoms with Gasteiger partial charge in [-0.15, -0.1) is 11.5 Å². The van der Waals surface area contributed by atoms with Gasteiger partial charge < -0.3 is 146 Å². The summed E-state index contributed by atoms with van der Waals surface area (Å²) in [6, 6.07) is 19.0. The van der Waals surface area contributed by atoms with Crippen LogP contribution in [-0.2, 0) is 20.5 Å². The number of carboxylic acid groups (broad SMARTS) is 2. The summed E-state index contributed by atoms with van der Waals surface area (Å²) in [5.41, 5.74) is 4.33. The number of nitrogens with zero attached hydrogens (tertiary/aromatic N) is 12. The molecule has 0 unspecified atom stereocenters. The van der Waals surface area contributed by atoms with E-state index in [1.165, 1.54) is 105 Å². The third-order valence-corrected chi connectivity index (χ3v) is 8.69. The predicted molar refractivity (Wildman–Crippen MR) is 357 cm³/mol. The van der Waals surface area contributed by atoms with Crippen molar-refractivity contribution in [2.75, 3.05) is 28.4 Å². The summed E-state index contributed by atoms with van der Waals surface area (Å²) in [4.78, 5) is 28.3. The number of benzene rings is 4. The van der Waals surface area contributed by atoms with E-state index >= 15 is 0 Å². The second kappa shape index (κ2) is 94.2. The number of hydrogen-bond donors (Lipinski definition) is 8. The van der Waals surface area contributed by atoms with Crippen molar-refractivity contribution in [3.63, 3.8) is 0 Å². The van der Waals surface area contributed by atoms with Crippen LogP contribution in [0.1, 0.15) is 99.9 Å². The van der Waals surface area contributed by atoms with Gasteiger partial charge in [0, 0.05) is 52.0 Å². The van der Waals surface area contributed by atoms with Crippen molar-refractivity contribution >= 4 is 89.0 Å². The molecule has 0 saturated heterocycles. The molecular formula is C59H90Eu4N12O30+2. The van der Waals surface area contributed by atoms with Gasteiger partial charge in [0.25, 0.3) is 0 Å². The second-order valence-electron chi connectivity index (χ2n) is 16.5. The molecule has 0 aliphatic rings. The number of hydrogen-bond acceptors (Lipinski definition) is 35. The van der Waals surface area contributed by atoms with Crippen molar-refractivity contribution in [2.45, 2.75) is 83.1 Å². The van der Waals surface area contributed by atoms with Gasteiger partial charge in [0.15, 0.2) is 11.6 Å². The van der Waals surface area contributed by atoms with Crippen molar-refractivity contribution in [2.24, 2.45) is 61.4 Å². The number of ketones is 2. The number of carbonyl (C=O) groups excluding carboxylic acids is 3. The summed E-state index contributed by atoms with van der Waals surface area (Å²) in [6.07, 6.45) is 4.55. The second-order valence-corrected chi connectivity index (χ2v) is 16.5. The maximum Gasteiger partial charge on any atom is 3.00 e. The third kappa shape index (κ3) is 86.9. The van der Waals surface area contributed by atoms with E-state index in [9.17, 15) is 60.7 Å². The number of carbonyl (C=O) groups is 3. The van der Waals surface area contributed by atoms with Crippen LogP contribution < -0.4 is 61.3 Å². The number of aliphatic hydroxyl groups excluding tert-OH is 4. The molecule has 0 heterocycles. The number of oxime groups is 4. The summed E-state index contributed by atoms with van der Waals surface area (Å²) in [5.74, 6) is -4.59. The molecule has 24 N–H and O–H groups in total. The van der Waals surface area contributed by atoms with Gasteiger partial charge in [-0.1, -0.05) is 153 Å². The minimum atomic E-state index is -2.33. The van der Waals surface area contributed by atoms with E-state index in [0.717, 1.165) is 62.8 Å². The Balaban J connectivity index is -0.0000000524. The van der Waals surface area contributed by atoms with Crippen LogP contribution in [0.15, 0.2) is 158 Å². The first-order chi connectivity index (χ1) is 44.1. The van der Waals surface area contributed by atoms with E-state index in [1.54, 1.807) is 48.5 Å². The van der Waals surface area contributed by atoms with Crippen LogP contribution in [0.3, 0.4) is 0 Å². The maximum atomic E-state index is 11.4. The average molecular weight is 2060 g/mol. The van der Waals surface area contributed by atoms with Crippen LogP contribution in [0, 0.1) is 225 Å². The summed E-state index contributed by atoms with van der Waals surface area (Å²) in [7, 11) is 4.00. The summed E-state index contributed by atoms with van der Waals surface area (Å²) in [6.45, 7) is 17.9. The Bertz CT molecular complexity index is 2960. The molecule has 4 aromatic rings. The molecule has 0 aromatic heterocycles. The Morgan fingerprint density at radius 2 is 0.467 bits per heavy atom. The van der Waals surface area contributed by atoms with Crippen molar-refractivity contribution in [3.8, 4) is 23.0 Å². The number of rotatable bonds is 14. The van der Waals surface area contributed by atoms with Crippen LogP contribution in [0.5, 0.6) is 23.0 Å². The van der Waals surface area contributed by atoms with Gasteiger partial charge in [-0.3, -0.25) is 9.59 Å².